The van der Waals surface area contributed by atoms with Gasteiger partial charge in [-0.15, -0.1) is 0 Å². The summed E-state index contributed by atoms with van der Waals surface area (Å²) in [6.45, 7) is 3.71. The van der Waals surface area contributed by atoms with Gasteiger partial charge in [-0.3, -0.25) is 9.69 Å². The van der Waals surface area contributed by atoms with Crippen molar-refractivity contribution < 1.29 is 15.0 Å². The maximum Gasteiger partial charge on any atom is 0.224 e. The summed E-state index contributed by atoms with van der Waals surface area (Å²) in [5.41, 5.74) is 8.03. The van der Waals surface area contributed by atoms with Crippen LogP contribution in [0.4, 0.5) is 11.4 Å². The van der Waals surface area contributed by atoms with E-state index in [2.05, 4.69) is 5.32 Å². The molecule has 1 amide bonds. The van der Waals surface area contributed by atoms with E-state index in [-0.39, 0.29) is 19.1 Å². The van der Waals surface area contributed by atoms with Gasteiger partial charge in [-0.25, -0.2) is 0 Å². The Bertz CT molecular complexity index is 446. The molecule has 0 saturated carbocycles. The van der Waals surface area contributed by atoms with Gasteiger partial charge in [0.05, 0.1) is 13.2 Å². The summed E-state index contributed by atoms with van der Waals surface area (Å²) < 4.78 is 0. The number of carbonyl (C=O) groups excluding carboxylic acids is 1. The fraction of sp³-hybridized carbons (Fsp3) is 0.533. The molecule has 5 N–H and O–H groups in total. The number of aryl methyl sites for hydroxylation is 1. The van der Waals surface area contributed by atoms with Gasteiger partial charge in [-0.05, 0) is 37.6 Å². The van der Waals surface area contributed by atoms with E-state index in [1.165, 1.54) is 0 Å². The number of hydrogen-bond donors (Lipinski definition) is 4. The molecular formula is C15H25N3O3. The molecule has 0 fully saturated rings. The Kier molecular flexibility index (Phi) is 7.74. The first-order valence-corrected chi connectivity index (χ1v) is 7.17. The fourth-order valence-corrected chi connectivity index (χ4v) is 2.07. The smallest absolute Gasteiger partial charge is 0.224 e. The average Bonchev–Trinajstić information content (AvgIpc) is 2.43. The molecule has 0 heterocycles. The normalized spacial score (nSPS) is 10.9. The van der Waals surface area contributed by atoms with Crippen LogP contribution in [0.3, 0.4) is 0 Å². The van der Waals surface area contributed by atoms with Crippen molar-refractivity contribution in [3.05, 3.63) is 23.8 Å². The van der Waals surface area contributed by atoms with Crippen molar-refractivity contribution in [3.63, 3.8) is 0 Å². The lowest BCUT2D eigenvalue weighted by Crippen LogP contribution is -2.31. The first-order valence-electron chi connectivity index (χ1n) is 7.17. The van der Waals surface area contributed by atoms with Crippen molar-refractivity contribution in [2.75, 3.05) is 43.9 Å². The highest BCUT2D eigenvalue weighted by molar-refractivity contribution is 5.91. The highest BCUT2D eigenvalue weighted by Gasteiger charge is 2.08. The lowest BCUT2D eigenvalue weighted by Gasteiger charge is -2.19. The van der Waals surface area contributed by atoms with E-state index in [4.69, 9.17) is 15.9 Å². The minimum atomic E-state index is -0.0587. The van der Waals surface area contributed by atoms with Crippen LogP contribution < -0.4 is 11.1 Å². The van der Waals surface area contributed by atoms with Crippen LogP contribution in [0.1, 0.15) is 18.4 Å². The van der Waals surface area contributed by atoms with Crippen LogP contribution in [-0.2, 0) is 4.79 Å². The van der Waals surface area contributed by atoms with Gasteiger partial charge in [0.2, 0.25) is 5.91 Å². The molecule has 0 aliphatic heterocycles. The molecule has 1 aromatic rings. The van der Waals surface area contributed by atoms with Crippen LogP contribution in [0.25, 0.3) is 0 Å². The van der Waals surface area contributed by atoms with E-state index in [1.807, 2.05) is 17.9 Å². The van der Waals surface area contributed by atoms with Crippen molar-refractivity contribution in [2.24, 2.45) is 0 Å². The number of benzene rings is 1. The van der Waals surface area contributed by atoms with Crippen molar-refractivity contribution in [2.45, 2.75) is 19.8 Å². The minimum absolute atomic E-state index is 0.0503. The number of nitrogen functional groups attached to an aromatic ring is 1. The lowest BCUT2D eigenvalue weighted by atomic mass is 10.1. The second-order valence-electron chi connectivity index (χ2n) is 5.01. The molecule has 6 nitrogen and oxygen atoms in total. The third kappa shape index (κ3) is 6.57. The zero-order chi connectivity index (χ0) is 15.7. The standard InChI is InChI=1S/C15H25N3O3/c1-12-4-5-13(16)11-14(12)17-15(21)3-2-6-18(7-9-19)8-10-20/h4-5,11,19-20H,2-3,6-10,16H2,1H3,(H,17,21). The molecule has 0 spiro atoms. The molecule has 0 aliphatic rings. The zero-order valence-corrected chi connectivity index (χ0v) is 12.5. The molecule has 21 heavy (non-hydrogen) atoms. The van der Waals surface area contributed by atoms with E-state index < -0.39 is 0 Å². The summed E-state index contributed by atoms with van der Waals surface area (Å²) in [5.74, 6) is -0.0587. The summed E-state index contributed by atoms with van der Waals surface area (Å²) in [5, 5.41) is 20.7. The number of carbonyl (C=O) groups is 1. The van der Waals surface area contributed by atoms with Gasteiger partial charge in [0.1, 0.15) is 0 Å². The molecule has 6 heteroatoms. The van der Waals surface area contributed by atoms with Gasteiger partial charge in [0.25, 0.3) is 0 Å². The first kappa shape index (κ1) is 17.4. The summed E-state index contributed by atoms with van der Waals surface area (Å²) in [4.78, 5) is 13.8. The highest BCUT2D eigenvalue weighted by atomic mass is 16.3. The van der Waals surface area contributed by atoms with Gasteiger partial charge in [-0.2, -0.15) is 0 Å². The number of nitrogens with two attached hydrogens (primary N) is 1. The Labute approximate surface area is 125 Å². The molecule has 0 aliphatic carbocycles. The van der Waals surface area contributed by atoms with Crippen LogP contribution in [0.2, 0.25) is 0 Å². The number of aliphatic hydroxyl groups excluding tert-OH is 2. The quantitative estimate of drug-likeness (QED) is 0.500. The van der Waals surface area contributed by atoms with Crippen molar-refractivity contribution >= 4 is 17.3 Å². The Hall–Kier alpha value is -1.63. The van der Waals surface area contributed by atoms with E-state index in [1.54, 1.807) is 12.1 Å². The third-order valence-corrected chi connectivity index (χ3v) is 3.25. The average molecular weight is 295 g/mol. The number of nitrogens with one attached hydrogen (secondary N) is 1. The number of aliphatic hydroxyl groups is 2. The van der Waals surface area contributed by atoms with Crippen LogP contribution in [0.5, 0.6) is 0 Å². The number of hydrogen-bond acceptors (Lipinski definition) is 5. The van der Waals surface area contributed by atoms with Gasteiger partial charge in [-0.1, -0.05) is 6.07 Å². The van der Waals surface area contributed by atoms with Crippen LogP contribution in [0.15, 0.2) is 18.2 Å². The number of rotatable bonds is 9. The number of amides is 1. The predicted molar refractivity (Wildman–Crippen MR) is 84.1 cm³/mol. The SMILES string of the molecule is Cc1ccc(N)cc1NC(=O)CCCN(CCO)CCO. The summed E-state index contributed by atoms with van der Waals surface area (Å²) >= 11 is 0. The van der Waals surface area contributed by atoms with Crippen molar-refractivity contribution in [3.8, 4) is 0 Å². The molecule has 118 valence electrons. The summed E-state index contributed by atoms with van der Waals surface area (Å²) in [7, 11) is 0. The van der Waals surface area contributed by atoms with E-state index in [0.29, 0.717) is 38.2 Å². The van der Waals surface area contributed by atoms with Crippen molar-refractivity contribution in [1.29, 1.82) is 0 Å². The molecule has 1 rings (SSSR count). The summed E-state index contributed by atoms with van der Waals surface area (Å²) in [6.07, 6.45) is 1.06. The Morgan fingerprint density at radius 2 is 1.90 bits per heavy atom. The lowest BCUT2D eigenvalue weighted by molar-refractivity contribution is -0.116. The Balaban J connectivity index is 2.38. The second-order valence-corrected chi connectivity index (χ2v) is 5.01. The second kappa shape index (κ2) is 9.33. The van der Waals surface area contributed by atoms with Crippen molar-refractivity contribution in [1.82, 2.24) is 4.90 Å². The Morgan fingerprint density at radius 1 is 1.24 bits per heavy atom. The van der Waals surface area contributed by atoms with Crippen LogP contribution in [-0.4, -0.2) is 53.9 Å². The van der Waals surface area contributed by atoms with Crippen LogP contribution in [0, 0.1) is 6.92 Å². The monoisotopic (exact) mass is 295 g/mol. The van der Waals surface area contributed by atoms with E-state index in [9.17, 15) is 4.79 Å². The maximum absolute atomic E-state index is 11.9. The molecule has 0 saturated heterocycles. The van der Waals surface area contributed by atoms with Gasteiger partial charge in [0.15, 0.2) is 0 Å². The summed E-state index contributed by atoms with van der Waals surface area (Å²) in [6, 6.07) is 5.42. The van der Waals surface area contributed by atoms with Gasteiger partial charge < -0.3 is 21.3 Å². The number of anilines is 2. The molecule has 0 bridgehead atoms. The molecule has 1 aromatic carbocycles. The fourth-order valence-electron chi connectivity index (χ4n) is 2.07. The van der Waals surface area contributed by atoms with Crippen LogP contribution >= 0.6 is 0 Å². The highest BCUT2D eigenvalue weighted by Crippen LogP contribution is 2.18. The predicted octanol–water partition coefficient (Wildman–Crippen LogP) is 0.583. The zero-order valence-electron chi connectivity index (χ0n) is 12.5. The van der Waals surface area contributed by atoms with E-state index >= 15 is 0 Å². The molecule has 0 radical (unpaired) electrons. The van der Waals surface area contributed by atoms with Gasteiger partial charge in [0, 0.05) is 30.9 Å². The minimum Gasteiger partial charge on any atom is -0.399 e. The maximum atomic E-state index is 11.9. The molecule has 0 aromatic heterocycles. The Morgan fingerprint density at radius 3 is 2.52 bits per heavy atom. The molecule has 0 atom stereocenters. The third-order valence-electron chi connectivity index (χ3n) is 3.25. The topological polar surface area (TPSA) is 98.8 Å². The van der Waals surface area contributed by atoms with E-state index in [0.717, 1.165) is 11.3 Å². The molecule has 0 unspecified atom stereocenters. The number of nitrogens with zero attached hydrogens (tertiary/aromatic N) is 1. The molecular weight excluding hydrogens is 270 g/mol. The van der Waals surface area contributed by atoms with Gasteiger partial charge >= 0.3 is 0 Å². The first-order chi connectivity index (χ1) is 10.1. The largest absolute Gasteiger partial charge is 0.399 e.